The molecular formula is C16H18F2N2S. The largest absolute Gasteiger partial charge is 0.368 e. The number of rotatable bonds is 6. The molecule has 21 heavy (non-hydrogen) atoms. The average Bonchev–Trinajstić information content (AvgIpc) is 2.45. The fourth-order valence-electron chi connectivity index (χ4n) is 1.87. The van der Waals surface area contributed by atoms with Crippen LogP contribution in [0.2, 0.25) is 0 Å². The van der Waals surface area contributed by atoms with Crippen LogP contribution < -0.4 is 5.32 Å². The summed E-state index contributed by atoms with van der Waals surface area (Å²) in [5.74, 6) is -0.553. The molecule has 0 bridgehead atoms. The van der Waals surface area contributed by atoms with Crippen LogP contribution in [0, 0.1) is 18.6 Å². The van der Waals surface area contributed by atoms with Gasteiger partial charge in [-0.2, -0.15) is 0 Å². The molecule has 0 amide bonds. The monoisotopic (exact) mass is 308 g/mol. The van der Waals surface area contributed by atoms with Crippen molar-refractivity contribution in [2.24, 2.45) is 0 Å². The lowest BCUT2D eigenvalue weighted by molar-refractivity contribution is 0.551. The molecule has 0 atom stereocenters. The molecule has 2 aromatic rings. The summed E-state index contributed by atoms with van der Waals surface area (Å²) in [6.45, 7) is 4.59. The molecule has 1 N–H and O–H groups in total. The number of hydrogen-bond donors (Lipinski definition) is 1. The minimum absolute atomic E-state index is 0.116. The van der Waals surface area contributed by atoms with Crippen molar-refractivity contribution < 1.29 is 8.78 Å². The predicted molar refractivity (Wildman–Crippen MR) is 83.7 cm³/mol. The lowest BCUT2D eigenvalue weighted by atomic mass is 10.2. The summed E-state index contributed by atoms with van der Waals surface area (Å²) in [5, 5.41) is 3.09. The van der Waals surface area contributed by atoms with Gasteiger partial charge in [0.25, 0.3) is 0 Å². The molecule has 0 saturated heterocycles. The summed E-state index contributed by atoms with van der Waals surface area (Å²) < 4.78 is 27.4. The predicted octanol–water partition coefficient (Wildman–Crippen LogP) is 4.78. The quantitative estimate of drug-likeness (QED) is 0.777. The van der Waals surface area contributed by atoms with Gasteiger partial charge in [0.1, 0.15) is 5.03 Å². The summed E-state index contributed by atoms with van der Waals surface area (Å²) in [6.07, 6.45) is 0.851. The normalized spacial score (nSPS) is 10.7. The van der Waals surface area contributed by atoms with Gasteiger partial charge >= 0.3 is 0 Å². The Hall–Kier alpha value is -1.62. The highest BCUT2D eigenvalue weighted by Crippen LogP contribution is 2.27. The number of aryl methyl sites for hydroxylation is 1. The molecule has 1 heterocycles. The maximum Gasteiger partial charge on any atom is 0.168 e. The molecule has 1 aromatic carbocycles. The van der Waals surface area contributed by atoms with Gasteiger partial charge in [-0.15, -0.1) is 0 Å². The number of aromatic nitrogens is 1. The zero-order valence-corrected chi connectivity index (χ0v) is 12.9. The van der Waals surface area contributed by atoms with Gasteiger partial charge in [-0.05, 0) is 18.9 Å². The van der Waals surface area contributed by atoms with Crippen molar-refractivity contribution in [2.75, 3.05) is 11.9 Å². The highest BCUT2D eigenvalue weighted by molar-refractivity contribution is 7.98. The van der Waals surface area contributed by atoms with Crippen molar-refractivity contribution in [3.63, 3.8) is 0 Å². The van der Waals surface area contributed by atoms with Crippen molar-refractivity contribution in [1.82, 2.24) is 4.98 Å². The minimum atomic E-state index is -0.652. The molecule has 0 aliphatic rings. The lowest BCUT2D eigenvalue weighted by Crippen LogP contribution is -2.06. The number of benzene rings is 1. The van der Waals surface area contributed by atoms with Crippen LogP contribution in [-0.4, -0.2) is 11.5 Å². The first kappa shape index (κ1) is 15.8. The topological polar surface area (TPSA) is 24.9 Å². The number of hydrogen-bond acceptors (Lipinski definition) is 3. The summed E-state index contributed by atoms with van der Waals surface area (Å²) in [5.41, 5.74) is 2.25. The zero-order valence-electron chi connectivity index (χ0n) is 12.1. The third kappa shape index (κ3) is 4.43. The van der Waals surface area contributed by atoms with Crippen LogP contribution in [-0.2, 0) is 5.75 Å². The highest BCUT2D eigenvalue weighted by Gasteiger charge is 2.12. The molecule has 112 valence electrons. The summed E-state index contributed by atoms with van der Waals surface area (Å²) >= 11 is 1.27. The fraction of sp³-hybridized carbons (Fsp3) is 0.312. The first-order chi connectivity index (χ1) is 10.1. The Balaban J connectivity index is 2.11. The Morgan fingerprint density at radius 1 is 1.19 bits per heavy atom. The number of halogens is 2. The van der Waals surface area contributed by atoms with E-state index in [1.807, 2.05) is 38.1 Å². The Bertz CT molecular complexity index is 617. The van der Waals surface area contributed by atoms with Crippen LogP contribution in [0.15, 0.2) is 35.4 Å². The maximum atomic E-state index is 13.8. The van der Waals surface area contributed by atoms with Crippen LogP contribution >= 0.6 is 11.8 Å². The van der Waals surface area contributed by atoms with Gasteiger partial charge in [0.2, 0.25) is 0 Å². The van der Waals surface area contributed by atoms with E-state index in [9.17, 15) is 8.78 Å². The van der Waals surface area contributed by atoms with E-state index in [2.05, 4.69) is 10.3 Å². The number of pyridine rings is 1. The van der Waals surface area contributed by atoms with Crippen LogP contribution in [0.4, 0.5) is 14.6 Å². The Morgan fingerprint density at radius 2 is 2.00 bits per heavy atom. The molecule has 5 heteroatoms. The van der Waals surface area contributed by atoms with Gasteiger partial charge in [0.05, 0.1) is 0 Å². The summed E-state index contributed by atoms with van der Waals surface area (Å²) in [4.78, 5) is 4.05. The number of thioether (sulfide) groups is 1. The highest BCUT2D eigenvalue weighted by atomic mass is 32.2. The third-order valence-electron chi connectivity index (χ3n) is 2.90. The molecule has 2 nitrogen and oxygen atoms in total. The van der Waals surface area contributed by atoms with E-state index >= 15 is 0 Å². The Labute approximate surface area is 128 Å². The zero-order chi connectivity index (χ0) is 15.2. The first-order valence-electron chi connectivity index (χ1n) is 6.88. The molecule has 0 aliphatic heterocycles. The molecule has 0 spiro atoms. The lowest BCUT2D eigenvalue weighted by Gasteiger charge is -2.09. The van der Waals surface area contributed by atoms with Gasteiger partial charge in [-0.3, -0.25) is 0 Å². The van der Waals surface area contributed by atoms with Crippen LogP contribution in [0.3, 0.4) is 0 Å². The molecule has 1 aromatic heterocycles. The SMILES string of the molecule is CCCNc1nc(SCc2cccc(C)c2)c(F)cc1F. The van der Waals surface area contributed by atoms with Gasteiger partial charge in [0.15, 0.2) is 17.5 Å². The first-order valence-corrected chi connectivity index (χ1v) is 7.87. The number of nitrogens with zero attached hydrogens (tertiary/aromatic N) is 1. The van der Waals surface area contributed by atoms with E-state index in [0.29, 0.717) is 12.3 Å². The van der Waals surface area contributed by atoms with Gasteiger partial charge in [0, 0.05) is 18.4 Å². The van der Waals surface area contributed by atoms with Crippen molar-refractivity contribution in [2.45, 2.75) is 31.0 Å². The van der Waals surface area contributed by atoms with Gasteiger partial charge in [-0.25, -0.2) is 13.8 Å². The molecule has 2 rings (SSSR count). The molecule has 0 saturated carbocycles. The number of nitrogens with one attached hydrogen (secondary N) is 1. The third-order valence-corrected chi connectivity index (χ3v) is 3.94. The standard InChI is InChI=1S/C16H18F2N2S/c1-3-7-19-15-13(17)9-14(18)16(20-15)21-10-12-6-4-5-11(2)8-12/h4-6,8-9H,3,7,10H2,1-2H3,(H,19,20). The van der Waals surface area contributed by atoms with Crippen molar-refractivity contribution in [3.05, 3.63) is 53.1 Å². The minimum Gasteiger partial charge on any atom is -0.368 e. The van der Waals surface area contributed by atoms with Crippen molar-refractivity contribution >= 4 is 17.6 Å². The Morgan fingerprint density at radius 3 is 2.71 bits per heavy atom. The van der Waals surface area contributed by atoms with Crippen LogP contribution in [0.1, 0.15) is 24.5 Å². The number of anilines is 1. The van der Waals surface area contributed by atoms with Crippen molar-refractivity contribution in [3.8, 4) is 0 Å². The van der Waals surface area contributed by atoms with E-state index in [1.165, 1.54) is 11.8 Å². The molecule has 0 fully saturated rings. The maximum absolute atomic E-state index is 13.8. The molecular weight excluding hydrogens is 290 g/mol. The van der Waals surface area contributed by atoms with Gasteiger partial charge < -0.3 is 5.32 Å². The summed E-state index contributed by atoms with van der Waals surface area (Å²) in [7, 11) is 0. The molecule has 0 unspecified atom stereocenters. The van der Waals surface area contributed by atoms with Crippen molar-refractivity contribution in [1.29, 1.82) is 0 Å². The van der Waals surface area contributed by atoms with E-state index in [0.717, 1.165) is 23.6 Å². The van der Waals surface area contributed by atoms with E-state index in [4.69, 9.17) is 0 Å². The molecule has 0 radical (unpaired) electrons. The Kier molecular flexibility index (Phi) is 5.56. The van der Waals surface area contributed by atoms with E-state index in [1.54, 1.807) is 0 Å². The van der Waals surface area contributed by atoms with Crippen LogP contribution in [0.25, 0.3) is 0 Å². The van der Waals surface area contributed by atoms with Gasteiger partial charge in [-0.1, -0.05) is 48.5 Å². The van der Waals surface area contributed by atoms with Crippen LogP contribution in [0.5, 0.6) is 0 Å². The second kappa shape index (κ2) is 7.41. The smallest absolute Gasteiger partial charge is 0.168 e. The van der Waals surface area contributed by atoms with E-state index < -0.39 is 11.6 Å². The second-order valence-corrected chi connectivity index (χ2v) is 5.77. The molecule has 0 aliphatic carbocycles. The average molecular weight is 308 g/mol. The summed E-state index contributed by atoms with van der Waals surface area (Å²) in [6, 6.07) is 8.90. The second-order valence-electron chi connectivity index (χ2n) is 4.81. The van der Waals surface area contributed by atoms with E-state index in [-0.39, 0.29) is 10.8 Å². The fourth-order valence-corrected chi connectivity index (χ4v) is 2.71.